The molecule has 1 aromatic carbocycles. The molecule has 0 N–H and O–H groups in total. The Labute approximate surface area is 119 Å². The molecule has 1 fully saturated rings. The summed E-state index contributed by atoms with van der Waals surface area (Å²) < 4.78 is 15.4. The summed E-state index contributed by atoms with van der Waals surface area (Å²) in [5.41, 5.74) is 1.02. The number of rotatable bonds is 5. The Morgan fingerprint density at radius 3 is 2.40 bits per heavy atom. The molecule has 110 valence electrons. The quantitative estimate of drug-likeness (QED) is 0.774. The molecule has 0 amide bonds. The molecule has 1 saturated heterocycles. The molecule has 0 saturated carbocycles. The lowest BCUT2D eigenvalue weighted by atomic mass is 10.1. The van der Waals surface area contributed by atoms with Crippen LogP contribution in [0.25, 0.3) is 0 Å². The molecule has 1 unspecified atom stereocenters. The maximum absolute atomic E-state index is 11.5. The van der Waals surface area contributed by atoms with Gasteiger partial charge in [-0.15, -0.1) is 0 Å². The number of nitrogens with zero attached hydrogens (tertiary/aromatic N) is 1. The van der Waals surface area contributed by atoms with Crippen LogP contribution in [0.3, 0.4) is 0 Å². The van der Waals surface area contributed by atoms with Crippen molar-refractivity contribution in [2.24, 2.45) is 0 Å². The lowest BCUT2D eigenvalue weighted by molar-refractivity contribution is -0.140. The second-order valence-corrected chi connectivity index (χ2v) is 4.84. The Balaban J connectivity index is 2.22. The van der Waals surface area contributed by atoms with E-state index >= 15 is 0 Å². The lowest BCUT2D eigenvalue weighted by Crippen LogP contribution is -2.31. The van der Waals surface area contributed by atoms with Gasteiger partial charge in [0.25, 0.3) is 0 Å². The van der Waals surface area contributed by atoms with Crippen molar-refractivity contribution >= 4 is 11.7 Å². The highest BCUT2D eigenvalue weighted by Crippen LogP contribution is 2.33. The summed E-state index contributed by atoms with van der Waals surface area (Å²) in [6, 6.07) is 5.96. The highest BCUT2D eigenvalue weighted by atomic mass is 16.5. The zero-order chi connectivity index (χ0) is 14.5. The number of carbonyl (C=O) groups excluding carboxylic acids is 1. The molecule has 1 atom stereocenters. The first-order valence-corrected chi connectivity index (χ1v) is 6.74. The average molecular weight is 279 g/mol. The molecule has 5 heteroatoms. The summed E-state index contributed by atoms with van der Waals surface area (Å²) >= 11 is 0. The maximum atomic E-state index is 11.5. The minimum atomic E-state index is -0.170. The SMILES string of the molecule is COC(=O)CC1CCCN1c1cc(OC)cc(OC)c1. The van der Waals surface area contributed by atoms with Gasteiger partial charge >= 0.3 is 5.97 Å². The van der Waals surface area contributed by atoms with Gasteiger partial charge in [0.15, 0.2) is 0 Å². The van der Waals surface area contributed by atoms with Crippen molar-refractivity contribution in [3.63, 3.8) is 0 Å². The topological polar surface area (TPSA) is 48.0 Å². The zero-order valence-corrected chi connectivity index (χ0v) is 12.2. The first-order chi connectivity index (χ1) is 9.67. The van der Waals surface area contributed by atoms with Gasteiger partial charge in [-0.3, -0.25) is 4.79 Å². The molecule has 1 aromatic rings. The summed E-state index contributed by atoms with van der Waals surface area (Å²) in [6.45, 7) is 0.929. The van der Waals surface area contributed by atoms with E-state index in [-0.39, 0.29) is 12.0 Å². The molecular formula is C15H21NO4. The van der Waals surface area contributed by atoms with E-state index in [1.54, 1.807) is 14.2 Å². The van der Waals surface area contributed by atoms with E-state index in [2.05, 4.69) is 4.90 Å². The molecule has 1 heterocycles. The number of anilines is 1. The van der Waals surface area contributed by atoms with Gasteiger partial charge in [0, 0.05) is 36.5 Å². The van der Waals surface area contributed by atoms with Crippen LogP contribution < -0.4 is 14.4 Å². The number of benzene rings is 1. The van der Waals surface area contributed by atoms with Gasteiger partial charge in [0.05, 0.1) is 27.8 Å². The Morgan fingerprint density at radius 1 is 1.20 bits per heavy atom. The van der Waals surface area contributed by atoms with Crippen molar-refractivity contribution in [1.29, 1.82) is 0 Å². The first-order valence-electron chi connectivity index (χ1n) is 6.74. The number of methoxy groups -OCH3 is 3. The molecule has 5 nitrogen and oxygen atoms in total. The second kappa shape index (κ2) is 6.50. The van der Waals surface area contributed by atoms with Crippen LogP contribution >= 0.6 is 0 Å². The average Bonchev–Trinajstić information content (AvgIpc) is 2.94. The number of esters is 1. The van der Waals surface area contributed by atoms with Gasteiger partial charge in [0.1, 0.15) is 11.5 Å². The summed E-state index contributed by atoms with van der Waals surface area (Å²) in [5.74, 6) is 1.34. The fourth-order valence-electron chi connectivity index (χ4n) is 2.62. The smallest absolute Gasteiger partial charge is 0.307 e. The zero-order valence-electron chi connectivity index (χ0n) is 12.2. The summed E-state index contributed by atoms with van der Waals surface area (Å²) in [6.07, 6.45) is 2.48. The predicted molar refractivity (Wildman–Crippen MR) is 76.5 cm³/mol. The molecule has 0 aromatic heterocycles. The molecule has 0 radical (unpaired) electrons. The standard InChI is InChI=1S/C15H21NO4/c1-18-13-7-12(8-14(10-13)19-2)16-6-4-5-11(16)9-15(17)20-3/h7-8,10-11H,4-6,9H2,1-3H3. The maximum Gasteiger partial charge on any atom is 0.307 e. The third-order valence-corrected chi connectivity index (χ3v) is 3.67. The summed E-state index contributed by atoms with van der Waals surface area (Å²) in [4.78, 5) is 13.7. The number of ether oxygens (including phenoxy) is 3. The van der Waals surface area contributed by atoms with Crippen LogP contribution in [-0.4, -0.2) is 39.9 Å². The van der Waals surface area contributed by atoms with Gasteiger partial charge < -0.3 is 19.1 Å². The normalized spacial score (nSPS) is 17.9. The van der Waals surface area contributed by atoms with Crippen LogP contribution in [-0.2, 0) is 9.53 Å². The van der Waals surface area contributed by atoms with Crippen molar-refractivity contribution in [2.75, 3.05) is 32.8 Å². The Bertz CT molecular complexity index is 453. The van der Waals surface area contributed by atoms with E-state index in [0.29, 0.717) is 6.42 Å². The van der Waals surface area contributed by atoms with Crippen LogP contribution in [0.15, 0.2) is 18.2 Å². The Morgan fingerprint density at radius 2 is 1.85 bits per heavy atom. The van der Waals surface area contributed by atoms with Crippen LogP contribution in [0.1, 0.15) is 19.3 Å². The second-order valence-electron chi connectivity index (χ2n) is 4.84. The van der Waals surface area contributed by atoms with Gasteiger partial charge in [0.2, 0.25) is 0 Å². The molecule has 2 rings (SSSR count). The van der Waals surface area contributed by atoms with E-state index in [0.717, 1.165) is 36.6 Å². The summed E-state index contributed by atoms with van der Waals surface area (Å²) in [7, 11) is 4.69. The minimum absolute atomic E-state index is 0.170. The molecule has 0 spiro atoms. The van der Waals surface area contributed by atoms with E-state index in [4.69, 9.17) is 14.2 Å². The molecule has 1 aliphatic rings. The monoisotopic (exact) mass is 279 g/mol. The lowest BCUT2D eigenvalue weighted by Gasteiger charge is -2.26. The van der Waals surface area contributed by atoms with Crippen LogP contribution in [0.4, 0.5) is 5.69 Å². The third kappa shape index (κ3) is 3.15. The van der Waals surface area contributed by atoms with E-state index in [1.807, 2.05) is 18.2 Å². The molecule has 20 heavy (non-hydrogen) atoms. The molecule has 0 bridgehead atoms. The van der Waals surface area contributed by atoms with Gasteiger partial charge in [-0.25, -0.2) is 0 Å². The number of carbonyl (C=O) groups is 1. The van der Waals surface area contributed by atoms with Crippen molar-refractivity contribution in [3.05, 3.63) is 18.2 Å². The minimum Gasteiger partial charge on any atom is -0.497 e. The highest BCUT2D eigenvalue weighted by Gasteiger charge is 2.27. The molecule has 0 aliphatic carbocycles. The van der Waals surface area contributed by atoms with E-state index in [9.17, 15) is 4.79 Å². The largest absolute Gasteiger partial charge is 0.497 e. The van der Waals surface area contributed by atoms with Gasteiger partial charge in [-0.05, 0) is 12.8 Å². The highest BCUT2D eigenvalue weighted by molar-refractivity contribution is 5.71. The fraction of sp³-hybridized carbons (Fsp3) is 0.533. The number of hydrogen-bond acceptors (Lipinski definition) is 5. The van der Waals surface area contributed by atoms with E-state index in [1.165, 1.54) is 7.11 Å². The van der Waals surface area contributed by atoms with Gasteiger partial charge in [-0.2, -0.15) is 0 Å². The first kappa shape index (κ1) is 14.5. The van der Waals surface area contributed by atoms with Crippen LogP contribution in [0.5, 0.6) is 11.5 Å². The van der Waals surface area contributed by atoms with Crippen molar-refractivity contribution < 1.29 is 19.0 Å². The molecular weight excluding hydrogens is 258 g/mol. The molecule has 1 aliphatic heterocycles. The van der Waals surface area contributed by atoms with Crippen molar-refractivity contribution in [1.82, 2.24) is 0 Å². The number of hydrogen-bond donors (Lipinski definition) is 0. The summed E-state index contributed by atoms with van der Waals surface area (Å²) in [5, 5.41) is 0. The third-order valence-electron chi connectivity index (χ3n) is 3.67. The Kier molecular flexibility index (Phi) is 4.71. The van der Waals surface area contributed by atoms with Crippen molar-refractivity contribution in [2.45, 2.75) is 25.3 Å². The van der Waals surface area contributed by atoms with Crippen LogP contribution in [0.2, 0.25) is 0 Å². The Hall–Kier alpha value is -1.91. The van der Waals surface area contributed by atoms with Crippen LogP contribution in [0, 0.1) is 0 Å². The predicted octanol–water partition coefficient (Wildman–Crippen LogP) is 2.24. The van der Waals surface area contributed by atoms with E-state index < -0.39 is 0 Å². The van der Waals surface area contributed by atoms with Crippen molar-refractivity contribution in [3.8, 4) is 11.5 Å². The fourth-order valence-corrected chi connectivity index (χ4v) is 2.62. The van der Waals surface area contributed by atoms with Gasteiger partial charge in [-0.1, -0.05) is 0 Å².